The summed E-state index contributed by atoms with van der Waals surface area (Å²) in [5.41, 5.74) is 15.0. The maximum Gasteiger partial charge on any atom is 0.208 e. The molecule has 0 fully saturated rings. The standard InChI is InChI=1S/C5H13N.CH6N4/c1-4-5(2,3)6;2-1(3)5-4/h4,6H2,1-3H3;4H2,(H4,2,3,5). The van der Waals surface area contributed by atoms with Gasteiger partial charge in [0, 0.05) is 5.54 Å². The van der Waals surface area contributed by atoms with Gasteiger partial charge in [-0.05, 0) is 20.3 Å². The monoisotopic (exact) mass is 161 g/mol. The Labute approximate surface area is 67.8 Å². The zero-order valence-corrected chi connectivity index (χ0v) is 7.46. The second-order valence-corrected chi connectivity index (χ2v) is 2.90. The van der Waals surface area contributed by atoms with Gasteiger partial charge < -0.3 is 23.0 Å². The number of nitrogens with zero attached hydrogens (tertiary/aromatic N) is 1. The van der Waals surface area contributed by atoms with Crippen molar-refractivity contribution < 1.29 is 0 Å². The molecular weight excluding hydrogens is 142 g/mol. The molecular formula is C6H19N5. The van der Waals surface area contributed by atoms with Crippen molar-refractivity contribution in [2.24, 2.45) is 28.1 Å². The fraction of sp³-hybridized carbons (Fsp3) is 0.833. The maximum atomic E-state index is 5.53. The maximum absolute atomic E-state index is 5.53. The molecule has 0 radical (unpaired) electrons. The Kier molecular flexibility index (Phi) is 6.67. The highest BCUT2D eigenvalue weighted by atomic mass is 15.2. The molecule has 68 valence electrons. The lowest BCUT2D eigenvalue weighted by Gasteiger charge is -2.13. The van der Waals surface area contributed by atoms with Crippen molar-refractivity contribution >= 4 is 5.96 Å². The first-order chi connectivity index (χ1) is 4.83. The van der Waals surface area contributed by atoms with Gasteiger partial charge >= 0.3 is 0 Å². The van der Waals surface area contributed by atoms with Crippen LogP contribution in [0.2, 0.25) is 0 Å². The Bertz CT molecular complexity index is 109. The summed E-state index contributed by atoms with van der Waals surface area (Å²) >= 11 is 0. The SMILES string of the molecule is CCC(C)(C)N.NN=C(N)N. The molecule has 0 saturated carbocycles. The van der Waals surface area contributed by atoms with Gasteiger partial charge in [-0.1, -0.05) is 6.92 Å². The van der Waals surface area contributed by atoms with Crippen LogP contribution in [0.1, 0.15) is 27.2 Å². The van der Waals surface area contributed by atoms with E-state index >= 15 is 0 Å². The molecule has 5 heteroatoms. The number of hydrazone groups is 1. The second kappa shape index (κ2) is 5.79. The van der Waals surface area contributed by atoms with Crippen molar-refractivity contribution in [3.8, 4) is 0 Å². The van der Waals surface area contributed by atoms with Gasteiger partial charge in [0.25, 0.3) is 0 Å². The molecule has 0 saturated heterocycles. The van der Waals surface area contributed by atoms with Gasteiger partial charge in [0.1, 0.15) is 0 Å². The molecule has 0 spiro atoms. The van der Waals surface area contributed by atoms with E-state index in [-0.39, 0.29) is 11.5 Å². The van der Waals surface area contributed by atoms with Crippen molar-refractivity contribution in [1.82, 2.24) is 0 Å². The minimum absolute atomic E-state index is 0.0417. The molecule has 0 aromatic rings. The van der Waals surface area contributed by atoms with Gasteiger partial charge in [-0.25, -0.2) is 0 Å². The average Bonchev–Trinajstić information content (AvgIpc) is 1.88. The van der Waals surface area contributed by atoms with E-state index in [4.69, 9.17) is 17.2 Å². The Morgan fingerprint density at radius 2 is 1.55 bits per heavy atom. The molecule has 0 aliphatic heterocycles. The molecule has 0 unspecified atom stereocenters. The topological polar surface area (TPSA) is 116 Å². The van der Waals surface area contributed by atoms with E-state index in [0.717, 1.165) is 6.42 Å². The van der Waals surface area contributed by atoms with E-state index in [2.05, 4.69) is 17.9 Å². The third kappa shape index (κ3) is 27.5. The first-order valence-corrected chi connectivity index (χ1v) is 3.41. The van der Waals surface area contributed by atoms with Crippen molar-refractivity contribution in [3.05, 3.63) is 0 Å². The zero-order valence-electron chi connectivity index (χ0n) is 7.46. The molecule has 8 N–H and O–H groups in total. The molecule has 0 aromatic carbocycles. The fourth-order valence-corrected chi connectivity index (χ4v) is 0. The van der Waals surface area contributed by atoms with Gasteiger partial charge in [-0.2, -0.15) is 0 Å². The summed E-state index contributed by atoms with van der Waals surface area (Å²) in [5, 5.41) is 2.86. The normalized spacial score (nSPS) is 9.45. The molecule has 0 bridgehead atoms. The van der Waals surface area contributed by atoms with E-state index in [1.165, 1.54) is 0 Å². The number of guanidine groups is 1. The lowest BCUT2D eigenvalue weighted by molar-refractivity contribution is 0.501. The first kappa shape index (κ1) is 12.7. The summed E-state index contributed by atoms with van der Waals surface area (Å²) in [5.74, 6) is 4.42. The third-order valence-electron chi connectivity index (χ3n) is 1.06. The Morgan fingerprint density at radius 1 is 1.36 bits per heavy atom. The minimum atomic E-state index is -0.0926. The molecule has 0 atom stereocenters. The number of hydrogen-bond donors (Lipinski definition) is 4. The van der Waals surface area contributed by atoms with E-state index in [9.17, 15) is 0 Å². The van der Waals surface area contributed by atoms with Crippen LogP contribution >= 0.6 is 0 Å². The van der Waals surface area contributed by atoms with Gasteiger partial charge in [0.05, 0.1) is 0 Å². The van der Waals surface area contributed by atoms with Crippen LogP contribution in [0.5, 0.6) is 0 Å². The largest absolute Gasteiger partial charge is 0.369 e. The summed E-state index contributed by atoms with van der Waals surface area (Å²) < 4.78 is 0. The average molecular weight is 161 g/mol. The van der Waals surface area contributed by atoms with E-state index in [1.807, 2.05) is 13.8 Å². The number of hydrogen-bond acceptors (Lipinski definition) is 3. The van der Waals surface area contributed by atoms with Crippen LogP contribution in [0.3, 0.4) is 0 Å². The van der Waals surface area contributed by atoms with Crippen LogP contribution in [0.25, 0.3) is 0 Å². The third-order valence-corrected chi connectivity index (χ3v) is 1.06. The highest BCUT2D eigenvalue weighted by molar-refractivity contribution is 5.75. The van der Waals surface area contributed by atoms with Crippen LogP contribution in [-0.2, 0) is 0 Å². The zero-order chi connectivity index (χ0) is 9.49. The molecule has 0 rings (SSSR count). The van der Waals surface area contributed by atoms with Crippen LogP contribution in [0.15, 0.2) is 5.10 Å². The summed E-state index contributed by atoms with van der Waals surface area (Å²) in [4.78, 5) is 0. The highest BCUT2D eigenvalue weighted by Crippen LogP contribution is 1.99. The van der Waals surface area contributed by atoms with Gasteiger partial charge in [0.15, 0.2) is 0 Å². The Hall–Kier alpha value is -0.970. The molecule has 5 nitrogen and oxygen atoms in total. The number of nitrogens with two attached hydrogens (primary N) is 4. The molecule has 0 aliphatic carbocycles. The molecule has 11 heavy (non-hydrogen) atoms. The predicted molar refractivity (Wildman–Crippen MR) is 48.6 cm³/mol. The van der Waals surface area contributed by atoms with Crippen LogP contribution in [0.4, 0.5) is 0 Å². The minimum Gasteiger partial charge on any atom is -0.369 e. The molecule has 0 amide bonds. The Morgan fingerprint density at radius 3 is 1.55 bits per heavy atom. The van der Waals surface area contributed by atoms with Crippen LogP contribution < -0.4 is 23.0 Å². The first-order valence-electron chi connectivity index (χ1n) is 3.41. The van der Waals surface area contributed by atoms with E-state index in [0.29, 0.717) is 0 Å². The van der Waals surface area contributed by atoms with E-state index < -0.39 is 0 Å². The molecule has 0 aromatic heterocycles. The van der Waals surface area contributed by atoms with Crippen LogP contribution in [0, 0.1) is 0 Å². The highest BCUT2D eigenvalue weighted by Gasteiger charge is 2.03. The van der Waals surface area contributed by atoms with Crippen molar-refractivity contribution in [2.75, 3.05) is 0 Å². The van der Waals surface area contributed by atoms with Gasteiger partial charge in [-0.3, -0.25) is 0 Å². The van der Waals surface area contributed by atoms with E-state index in [1.54, 1.807) is 0 Å². The quantitative estimate of drug-likeness (QED) is 0.175. The van der Waals surface area contributed by atoms with Crippen molar-refractivity contribution in [1.29, 1.82) is 0 Å². The van der Waals surface area contributed by atoms with Crippen molar-refractivity contribution in [3.63, 3.8) is 0 Å². The summed E-state index contributed by atoms with van der Waals surface area (Å²) in [6, 6.07) is 0. The fourth-order valence-electron chi connectivity index (χ4n) is 0. The van der Waals surface area contributed by atoms with Gasteiger partial charge in [-0.15, -0.1) is 5.10 Å². The summed E-state index contributed by atoms with van der Waals surface area (Å²) in [6.45, 7) is 6.12. The smallest absolute Gasteiger partial charge is 0.208 e. The lowest BCUT2D eigenvalue weighted by Crippen LogP contribution is -2.30. The molecule has 0 heterocycles. The second-order valence-electron chi connectivity index (χ2n) is 2.90. The number of rotatable bonds is 1. The van der Waals surface area contributed by atoms with Crippen LogP contribution in [-0.4, -0.2) is 11.5 Å². The summed E-state index contributed by atoms with van der Waals surface area (Å²) in [6.07, 6.45) is 1.05. The predicted octanol–water partition coefficient (Wildman–Crippen LogP) is -0.733. The van der Waals surface area contributed by atoms with Gasteiger partial charge in [0.2, 0.25) is 5.96 Å². The summed E-state index contributed by atoms with van der Waals surface area (Å²) in [7, 11) is 0. The Balaban J connectivity index is 0. The molecule has 0 aliphatic rings. The van der Waals surface area contributed by atoms with Crippen molar-refractivity contribution in [2.45, 2.75) is 32.7 Å². The lowest BCUT2D eigenvalue weighted by atomic mass is 10.1.